The summed E-state index contributed by atoms with van der Waals surface area (Å²) < 4.78 is 12.9. The molecule has 1 aromatic carbocycles. The van der Waals surface area contributed by atoms with Crippen LogP contribution in [0.4, 0.5) is 4.39 Å². The van der Waals surface area contributed by atoms with Crippen molar-refractivity contribution in [1.82, 2.24) is 5.06 Å². The first-order valence-corrected chi connectivity index (χ1v) is 6.75. The van der Waals surface area contributed by atoms with Crippen LogP contribution in [0.5, 0.6) is 0 Å². The van der Waals surface area contributed by atoms with E-state index in [0.29, 0.717) is 12.8 Å². The topological polar surface area (TPSA) is 46.6 Å². The monoisotopic (exact) mass is 281 g/mol. The highest BCUT2D eigenvalue weighted by Crippen LogP contribution is 2.13. The van der Waals surface area contributed by atoms with Crippen LogP contribution in [0.1, 0.15) is 31.7 Å². The second-order valence-electron chi connectivity index (χ2n) is 4.61. The van der Waals surface area contributed by atoms with E-state index in [9.17, 15) is 14.0 Å². The first-order chi connectivity index (χ1) is 9.67. The summed E-state index contributed by atoms with van der Waals surface area (Å²) in [7, 11) is 0. The van der Waals surface area contributed by atoms with E-state index >= 15 is 0 Å². The number of benzene rings is 1. The molecule has 5 heteroatoms. The van der Waals surface area contributed by atoms with Crippen molar-refractivity contribution in [2.45, 2.75) is 32.8 Å². The van der Waals surface area contributed by atoms with Gasteiger partial charge < -0.3 is 0 Å². The molecular formula is C15H20FNO3. The Balaban J connectivity index is 2.48. The van der Waals surface area contributed by atoms with E-state index in [4.69, 9.17) is 4.84 Å². The third-order valence-electron chi connectivity index (χ3n) is 2.98. The normalized spacial score (nSPS) is 11.9. The van der Waals surface area contributed by atoms with Crippen molar-refractivity contribution in [3.63, 3.8) is 0 Å². The number of nitrogens with zero attached hydrogens (tertiary/aromatic N) is 1. The van der Waals surface area contributed by atoms with E-state index in [1.165, 1.54) is 0 Å². The summed E-state index contributed by atoms with van der Waals surface area (Å²) >= 11 is 0. The summed E-state index contributed by atoms with van der Waals surface area (Å²) in [5.74, 6) is -0.809. The van der Waals surface area contributed by atoms with Gasteiger partial charge in [-0.25, -0.2) is 5.06 Å². The van der Waals surface area contributed by atoms with Crippen molar-refractivity contribution in [2.24, 2.45) is 5.92 Å². The van der Waals surface area contributed by atoms with Crippen molar-refractivity contribution in [3.8, 4) is 0 Å². The molecule has 0 aliphatic carbocycles. The molecule has 0 aliphatic heterocycles. The third kappa shape index (κ3) is 5.93. The summed E-state index contributed by atoms with van der Waals surface area (Å²) in [5, 5.41) is 0.991. The maximum atomic E-state index is 12.9. The van der Waals surface area contributed by atoms with Crippen LogP contribution < -0.4 is 0 Å². The van der Waals surface area contributed by atoms with E-state index in [1.807, 2.05) is 37.3 Å². The Hall–Kier alpha value is -1.75. The molecule has 1 rings (SSSR count). The minimum atomic E-state index is -1.39. The second-order valence-corrected chi connectivity index (χ2v) is 4.61. The van der Waals surface area contributed by atoms with Crippen LogP contribution in [0.15, 0.2) is 30.3 Å². The number of hydrogen-bond acceptors (Lipinski definition) is 3. The first kappa shape index (κ1) is 16.3. The number of rotatable bonds is 10. The lowest BCUT2D eigenvalue weighted by Crippen LogP contribution is -2.31. The zero-order valence-corrected chi connectivity index (χ0v) is 11.6. The summed E-state index contributed by atoms with van der Waals surface area (Å²) in [6, 6.07) is 7.92. The number of hydrogen-bond donors (Lipinski definition) is 0. The van der Waals surface area contributed by atoms with Gasteiger partial charge in [-0.2, -0.15) is 4.39 Å². The van der Waals surface area contributed by atoms with Gasteiger partial charge in [0.1, 0.15) is 6.61 Å². The van der Waals surface area contributed by atoms with E-state index in [-0.39, 0.29) is 13.2 Å². The first-order valence-electron chi connectivity index (χ1n) is 6.75. The number of unbranched alkanes of at least 4 members (excludes halogenated alkanes) is 1. The average molecular weight is 281 g/mol. The molecule has 0 unspecified atom stereocenters. The van der Waals surface area contributed by atoms with Crippen molar-refractivity contribution in [3.05, 3.63) is 35.9 Å². The van der Waals surface area contributed by atoms with Crippen LogP contribution in [-0.2, 0) is 21.0 Å². The SMILES string of the molecule is CCCC[C@H](CN(C=O)OCc1ccccc1)C(=O)F. The average Bonchev–Trinajstić information content (AvgIpc) is 2.47. The van der Waals surface area contributed by atoms with Gasteiger partial charge in [0.05, 0.1) is 12.5 Å². The Labute approximate surface area is 118 Å². The Kier molecular flexibility index (Phi) is 7.50. The molecular weight excluding hydrogens is 261 g/mol. The molecule has 0 radical (unpaired) electrons. The van der Waals surface area contributed by atoms with Gasteiger partial charge in [-0.05, 0) is 12.0 Å². The van der Waals surface area contributed by atoms with Gasteiger partial charge in [-0.15, -0.1) is 0 Å². The summed E-state index contributed by atoms with van der Waals surface area (Å²) in [5.41, 5.74) is 0.899. The molecule has 0 saturated carbocycles. The van der Waals surface area contributed by atoms with Gasteiger partial charge in [-0.3, -0.25) is 14.4 Å². The molecule has 110 valence electrons. The standard InChI is InChI=1S/C15H20FNO3/c1-2-3-9-14(15(16)19)10-17(12-18)20-11-13-7-5-4-6-8-13/h4-8,12,14H,2-3,9-11H2,1H3/t14-/m1/s1. The van der Waals surface area contributed by atoms with Gasteiger partial charge in [0.2, 0.25) is 6.41 Å². The largest absolute Gasteiger partial charge is 0.306 e. The molecule has 20 heavy (non-hydrogen) atoms. The lowest BCUT2D eigenvalue weighted by atomic mass is 10.0. The smallest absolute Gasteiger partial charge is 0.276 e. The molecule has 0 spiro atoms. The molecule has 4 nitrogen and oxygen atoms in total. The molecule has 0 aliphatic rings. The summed E-state index contributed by atoms with van der Waals surface area (Å²) in [4.78, 5) is 27.1. The predicted molar refractivity (Wildman–Crippen MR) is 73.1 cm³/mol. The molecule has 0 aromatic heterocycles. The summed E-state index contributed by atoms with van der Waals surface area (Å²) in [6.07, 6.45) is 2.51. The molecule has 1 atom stereocenters. The van der Waals surface area contributed by atoms with E-state index < -0.39 is 12.0 Å². The van der Waals surface area contributed by atoms with Crippen LogP contribution in [0.3, 0.4) is 0 Å². The lowest BCUT2D eigenvalue weighted by Gasteiger charge is -2.20. The highest BCUT2D eigenvalue weighted by atomic mass is 19.1. The fraction of sp³-hybridized carbons (Fsp3) is 0.467. The predicted octanol–water partition coefficient (Wildman–Crippen LogP) is 2.88. The van der Waals surface area contributed by atoms with Crippen LogP contribution in [0.25, 0.3) is 0 Å². The summed E-state index contributed by atoms with van der Waals surface area (Å²) in [6.45, 7) is 2.12. The van der Waals surface area contributed by atoms with Crippen molar-refractivity contribution in [2.75, 3.05) is 6.54 Å². The maximum absolute atomic E-state index is 12.9. The van der Waals surface area contributed by atoms with Crippen molar-refractivity contribution >= 4 is 12.4 Å². The molecule has 0 heterocycles. The Morgan fingerprint density at radius 1 is 1.40 bits per heavy atom. The second kappa shape index (κ2) is 9.20. The number of halogens is 1. The molecule has 1 aromatic rings. The van der Waals surface area contributed by atoms with E-state index in [0.717, 1.165) is 23.5 Å². The van der Waals surface area contributed by atoms with Crippen molar-refractivity contribution < 1.29 is 18.8 Å². The minimum absolute atomic E-state index is 0.0499. The van der Waals surface area contributed by atoms with Crippen LogP contribution >= 0.6 is 0 Å². The molecule has 1 amide bonds. The van der Waals surface area contributed by atoms with Gasteiger partial charge >= 0.3 is 6.04 Å². The zero-order chi connectivity index (χ0) is 14.8. The van der Waals surface area contributed by atoms with Crippen molar-refractivity contribution in [1.29, 1.82) is 0 Å². The highest BCUT2D eigenvalue weighted by Gasteiger charge is 2.21. The molecule has 0 N–H and O–H groups in total. The Morgan fingerprint density at radius 2 is 2.10 bits per heavy atom. The molecule has 0 fully saturated rings. The number of carbonyl (C=O) groups excluding carboxylic acids is 2. The molecule has 0 saturated heterocycles. The zero-order valence-electron chi connectivity index (χ0n) is 11.6. The lowest BCUT2D eigenvalue weighted by molar-refractivity contribution is -0.183. The van der Waals surface area contributed by atoms with Gasteiger partial charge in [0.25, 0.3) is 0 Å². The van der Waals surface area contributed by atoms with E-state index in [1.54, 1.807) is 0 Å². The van der Waals surface area contributed by atoms with Gasteiger partial charge in [0, 0.05) is 0 Å². The quantitative estimate of drug-likeness (QED) is 0.376. The van der Waals surface area contributed by atoms with Gasteiger partial charge in [0.15, 0.2) is 0 Å². The highest BCUT2D eigenvalue weighted by molar-refractivity contribution is 5.71. The fourth-order valence-electron chi connectivity index (χ4n) is 1.80. The Bertz CT molecular complexity index is 411. The Morgan fingerprint density at radius 3 is 2.65 bits per heavy atom. The van der Waals surface area contributed by atoms with Crippen LogP contribution in [0.2, 0.25) is 0 Å². The fourth-order valence-corrected chi connectivity index (χ4v) is 1.80. The molecule has 0 bridgehead atoms. The van der Waals surface area contributed by atoms with Gasteiger partial charge in [-0.1, -0.05) is 50.1 Å². The van der Waals surface area contributed by atoms with Crippen LogP contribution in [0, 0.1) is 5.92 Å². The van der Waals surface area contributed by atoms with E-state index in [2.05, 4.69) is 0 Å². The number of amides is 1. The third-order valence-corrected chi connectivity index (χ3v) is 2.98. The minimum Gasteiger partial charge on any atom is -0.276 e. The number of hydroxylamine groups is 2. The van der Waals surface area contributed by atoms with Crippen LogP contribution in [-0.4, -0.2) is 24.1 Å². The maximum Gasteiger partial charge on any atom is 0.306 e. The number of carbonyl (C=O) groups is 2.